The number of aliphatic carboxylic acids is 1. The van der Waals surface area contributed by atoms with Crippen molar-refractivity contribution in [3.63, 3.8) is 0 Å². The van der Waals surface area contributed by atoms with Crippen LogP contribution >= 0.6 is 22.7 Å². The van der Waals surface area contributed by atoms with Crippen LogP contribution in [0.25, 0.3) is 20.8 Å². The highest BCUT2D eigenvalue weighted by molar-refractivity contribution is 7.18. The van der Waals surface area contributed by atoms with Crippen molar-refractivity contribution in [3.8, 4) is 16.3 Å². The number of fused-ring (bicyclic) bond motifs is 1. The third kappa shape index (κ3) is 4.76. The van der Waals surface area contributed by atoms with Crippen LogP contribution in [0, 0.1) is 13.8 Å². The van der Waals surface area contributed by atoms with Gasteiger partial charge in [0.2, 0.25) is 0 Å². The van der Waals surface area contributed by atoms with E-state index in [1.54, 1.807) is 6.07 Å². The Hall–Kier alpha value is -2.98. The van der Waals surface area contributed by atoms with E-state index in [0.29, 0.717) is 26.8 Å². The number of aryl methyl sites for hydroxylation is 2. The van der Waals surface area contributed by atoms with E-state index in [2.05, 4.69) is 9.97 Å². The predicted octanol–water partition coefficient (Wildman–Crippen LogP) is 6.26. The molecule has 0 unspecified atom stereocenters. The number of rotatable bonds is 6. The molecule has 1 N–H and O–H groups in total. The van der Waals surface area contributed by atoms with Crippen molar-refractivity contribution >= 4 is 38.9 Å². The number of thiazole rings is 2. The largest absolute Gasteiger partial charge is 0.488 e. The van der Waals surface area contributed by atoms with Gasteiger partial charge in [-0.15, -0.1) is 22.7 Å². The summed E-state index contributed by atoms with van der Waals surface area (Å²) in [7, 11) is 0. The van der Waals surface area contributed by atoms with Gasteiger partial charge in [0.05, 0.1) is 32.8 Å². The Bertz CT molecular complexity index is 1290. The zero-order valence-electron chi connectivity index (χ0n) is 17.0. The molecule has 166 valence electrons. The minimum atomic E-state index is -4.37. The summed E-state index contributed by atoms with van der Waals surface area (Å²) in [4.78, 5) is 20.7. The van der Waals surface area contributed by atoms with Gasteiger partial charge in [-0.3, -0.25) is 4.79 Å². The number of aromatic nitrogens is 2. The molecule has 4 aromatic rings. The number of halogens is 3. The summed E-state index contributed by atoms with van der Waals surface area (Å²) >= 11 is 2.72. The third-order valence-electron chi connectivity index (χ3n) is 4.72. The molecule has 0 aliphatic rings. The number of ether oxygens (including phenoxy) is 1. The number of benzene rings is 2. The van der Waals surface area contributed by atoms with Crippen molar-refractivity contribution < 1.29 is 27.8 Å². The molecule has 32 heavy (non-hydrogen) atoms. The van der Waals surface area contributed by atoms with Crippen LogP contribution in [-0.2, 0) is 24.0 Å². The van der Waals surface area contributed by atoms with Crippen molar-refractivity contribution in [1.29, 1.82) is 0 Å². The van der Waals surface area contributed by atoms with E-state index < -0.39 is 17.7 Å². The first-order valence-electron chi connectivity index (χ1n) is 9.49. The molecular weight excluding hydrogens is 461 g/mol. The molecule has 0 saturated carbocycles. The normalized spacial score (nSPS) is 11.8. The lowest BCUT2D eigenvalue weighted by molar-refractivity contribution is -0.138. The number of alkyl halides is 3. The molecule has 2 aromatic heterocycles. The number of carboxylic acids is 1. The van der Waals surface area contributed by atoms with Gasteiger partial charge in [0.1, 0.15) is 22.4 Å². The standard InChI is InChI=1S/C22H17F3N2O3S2/c1-11-7-15(8-16-20(11)32-18(27-16)9-19(28)29)30-10-17-12(2)26-21(31-17)13-3-5-14(6-4-13)22(23,24)25/h3-8H,9-10H2,1-2H3,(H,28,29). The number of carbonyl (C=O) groups is 1. The van der Waals surface area contributed by atoms with E-state index in [4.69, 9.17) is 9.84 Å². The zero-order chi connectivity index (χ0) is 23.0. The van der Waals surface area contributed by atoms with Crippen LogP contribution in [-0.4, -0.2) is 21.0 Å². The summed E-state index contributed by atoms with van der Waals surface area (Å²) in [6.45, 7) is 4.00. The molecule has 0 radical (unpaired) electrons. The van der Waals surface area contributed by atoms with Gasteiger partial charge in [-0.2, -0.15) is 13.2 Å². The molecule has 2 heterocycles. The van der Waals surface area contributed by atoms with Gasteiger partial charge >= 0.3 is 12.1 Å². The lowest BCUT2D eigenvalue weighted by atomic mass is 10.1. The molecular formula is C22H17F3N2O3S2. The minimum Gasteiger partial charge on any atom is -0.488 e. The molecule has 0 amide bonds. The molecule has 2 aromatic carbocycles. The highest BCUT2D eigenvalue weighted by Crippen LogP contribution is 2.34. The fourth-order valence-corrected chi connectivity index (χ4v) is 5.12. The first-order valence-corrected chi connectivity index (χ1v) is 11.1. The Morgan fingerprint density at radius 3 is 2.47 bits per heavy atom. The van der Waals surface area contributed by atoms with Crippen molar-refractivity contribution in [2.24, 2.45) is 0 Å². The molecule has 0 fully saturated rings. The summed E-state index contributed by atoms with van der Waals surface area (Å²) < 4.78 is 45.2. The zero-order valence-corrected chi connectivity index (χ0v) is 18.6. The van der Waals surface area contributed by atoms with E-state index in [9.17, 15) is 18.0 Å². The van der Waals surface area contributed by atoms with Gasteiger partial charge < -0.3 is 9.84 Å². The maximum Gasteiger partial charge on any atom is 0.416 e. The minimum absolute atomic E-state index is 0.123. The van der Waals surface area contributed by atoms with Crippen molar-refractivity contribution in [2.75, 3.05) is 0 Å². The molecule has 10 heteroatoms. The maximum absolute atomic E-state index is 12.8. The van der Waals surface area contributed by atoms with Crippen LogP contribution in [0.3, 0.4) is 0 Å². The van der Waals surface area contributed by atoms with Crippen LogP contribution in [0.1, 0.15) is 26.7 Å². The topological polar surface area (TPSA) is 72.3 Å². The predicted molar refractivity (Wildman–Crippen MR) is 117 cm³/mol. The lowest BCUT2D eigenvalue weighted by Gasteiger charge is -2.07. The van der Waals surface area contributed by atoms with Crippen LogP contribution in [0.5, 0.6) is 5.75 Å². The summed E-state index contributed by atoms with van der Waals surface area (Å²) in [5.74, 6) is -0.325. The number of carboxylic acid groups (broad SMARTS) is 1. The highest BCUT2D eigenvalue weighted by atomic mass is 32.1. The third-order valence-corrected chi connectivity index (χ3v) is 7.10. The summed E-state index contributed by atoms with van der Waals surface area (Å²) in [5.41, 5.74) is 2.30. The monoisotopic (exact) mass is 478 g/mol. The summed E-state index contributed by atoms with van der Waals surface area (Å²) in [6, 6.07) is 8.58. The Balaban J connectivity index is 1.51. The van der Waals surface area contributed by atoms with Crippen LogP contribution in [0.15, 0.2) is 36.4 Å². The Morgan fingerprint density at radius 1 is 1.09 bits per heavy atom. The second-order valence-electron chi connectivity index (χ2n) is 7.16. The molecule has 4 rings (SSSR count). The Labute approximate surface area is 189 Å². The van der Waals surface area contributed by atoms with Crippen LogP contribution in [0.4, 0.5) is 13.2 Å². The average Bonchev–Trinajstić information content (AvgIpc) is 3.28. The lowest BCUT2D eigenvalue weighted by Crippen LogP contribution is -2.03. The number of hydrogen-bond donors (Lipinski definition) is 1. The van der Waals surface area contributed by atoms with Gasteiger partial charge in [0.15, 0.2) is 0 Å². The highest BCUT2D eigenvalue weighted by Gasteiger charge is 2.30. The van der Waals surface area contributed by atoms with Crippen molar-refractivity contribution in [1.82, 2.24) is 9.97 Å². The van der Waals surface area contributed by atoms with Gasteiger partial charge in [-0.25, -0.2) is 9.97 Å². The second-order valence-corrected chi connectivity index (χ2v) is 9.33. The van der Waals surface area contributed by atoms with E-state index in [0.717, 1.165) is 33.0 Å². The molecule has 0 saturated heterocycles. The number of nitrogens with zero attached hydrogens (tertiary/aromatic N) is 2. The molecule has 0 aliphatic carbocycles. The van der Waals surface area contributed by atoms with Gasteiger partial charge in [0, 0.05) is 11.6 Å². The molecule has 0 aliphatic heterocycles. The number of hydrogen-bond acceptors (Lipinski definition) is 6. The molecule has 0 bridgehead atoms. The van der Waals surface area contributed by atoms with Crippen molar-refractivity contribution in [2.45, 2.75) is 33.1 Å². The van der Waals surface area contributed by atoms with Gasteiger partial charge in [0.25, 0.3) is 0 Å². The summed E-state index contributed by atoms with van der Waals surface area (Å²) in [5, 5.41) is 10.1. The van der Waals surface area contributed by atoms with Crippen molar-refractivity contribution in [3.05, 3.63) is 63.1 Å². The maximum atomic E-state index is 12.8. The van der Waals surface area contributed by atoms with E-state index >= 15 is 0 Å². The van der Waals surface area contributed by atoms with Gasteiger partial charge in [-0.05, 0) is 37.6 Å². The Kier molecular flexibility index (Phi) is 5.91. The second kappa shape index (κ2) is 8.51. The smallest absolute Gasteiger partial charge is 0.416 e. The summed E-state index contributed by atoms with van der Waals surface area (Å²) in [6.07, 6.45) is -4.50. The molecule has 0 atom stereocenters. The average molecular weight is 479 g/mol. The fraction of sp³-hybridized carbons (Fsp3) is 0.227. The Morgan fingerprint density at radius 2 is 1.81 bits per heavy atom. The SMILES string of the molecule is Cc1nc(-c2ccc(C(F)(F)F)cc2)sc1COc1cc(C)c2sc(CC(=O)O)nc2c1. The van der Waals surface area contributed by atoms with E-state index in [1.807, 2.05) is 19.9 Å². The fourth-order valence-electron chi connectivity index (χ4n) is 3.14. The van der Waals surface area contributed by atoms with Crippen LogP contribution < -0.4 is 4.74 Å². The first kappa shape index (κ1) is 22.2. The molecule has 0 spiro atoms. The first-order chi connectivity index (χ1) is 15.1. The van der Waals surface area contributed by atoms with Crippen LogP contribution in [0.2, 0.25) is 0 Å². The van der Waals surface area contributed by atoms with Gasteiger partial charge in [-0.1, -0.05) is 12.1 Å². The van der Waals surface area contributed by atoms with E-state index in [-0.39, 0.29) is 13.0 Å². The molecule has 5 nitrogen and oxygen atoms in total. The quantitative estimate of drug-likeness (QED) is 0.354. The van der Waals surface area contributed by atoms with E-state index in [1.165, 1.54) is 34.8 Å².